The number of nitrogens with two attached hydrogens (primary N) is 1. The van der Waals surface area contributed by atoms with Gasteiger partial charge in [0.15, 0.2) is 0 Å². The summed E-state index contributed by atoms with van der Waals surface area (Å²) in [6, 6.07) is 7.64. The van der Waals surface area contributed by atoms with Crippen LogP contribution in [0.2, 0.25) is 0 Å². The van der Waals surface area contributed by atoms with Gasteiger partial charge in [0, 0.05) is 13.1 Å². The standard InChI is InChI=1S/C14H24N2O2S/c1-14(2,3)7-8-19(17,18)16-11-13-6-4-5-12(9-13)10-15/h4-6,9,16H,7-8,10-11,15H2,1-3H3. The molecule has 0 saturated carbocycles. The molecule has 0 aliphatic heterocycles. The molecule has 3 N–H and O–H groups in total. The van der Waals surface area contributed by atoms with Gasteiger partial charge in [-0.15, -0.1) is 0 Å². The molecule has 108 valence electrons. The van der Waals surface area contributed by atoms with Crippen LogP contribution in [0.1, 0.15) is 38.3 Å². The topological polar surface area (TPSA) is 72.2 Å². The van der Waals surface area contributed by atoms with Crippen molar-refractivity contribution in [1.82, 2.24) is 4.72 Å². The first kappa shape index (κ1) is 16.1. The van der Waals surface area contributed by atoms with Crippen LogP contribution in [0.15, 0.2) is 24.3 Å². The monoisotopic (exact) mass is 284 g/mol. The molecule has 0 radical (unpaired) electrons. The fraction of sp³-hybridized carbons (Fsp3) is 0.571. The molecule has 0 atom stereocenters. The van der Waals surface area contributed by atoms with Gasteiger partial charge in [0.05, 0.1) is 5.75 Å². The van der Waals surface area contributed by atoms with Crippen LogP contribution >= 0.6 is 0 Å². The number of hydrogen-bond acceptors (Lipinski definition) is 3. The van der Waals surface area contributed by atoms with Gasteiger partial charge in [0.25, 0.3) is 0 Å². The van der Waals surface area contributed by atoms with Gasteiger partial charge in [-0.25, -0.2) is 13.1 Å². The van der Waals surface area contributed by atoms with Gasteiger partial charge < -0.3 is 5.73 Å². The van der Waals surface area contributed by atoms with Gasteiger partial charge in [-0.2, -0.15) is 0 Å². The zero-order chi connectivity index (χ0) is 14.5. The van der Waals surface area contributed by atoms with E-state index in [0.717, 1.165) is 11.1 Å². The van der Waals surface area contributed by atoms with Gasteiger partial charge in [-0.3, -0.25) is 0 Å². The van der Waals surface area contributed by atoms with Crippen molar-refractivity contribution in [3.63, 3.8) is 0 Å². The highest BCUT2D eigenvalue weighted by molar-refractivity contribution is 7.89. The zero-order valence-electron chi connectivity index (χ0n) is 11.9. The maximum absolute atomic E-state index is 11.9. The smallest absolute Gasteiger partial charge is 0.211 e. The minimum atomic E-state index is -3.21. The van der Waals surface area contributed by atoms with Crippen LogP contribution in [-0.2, 0) is 23.1 Å². The number of benzene rings is 1. The minimum absolute atomic E-state index is 0.0220. The van der Waals surface area contributed by atoms with Crippen molar-refractivity contribution >= 4 is 10.0 Å². The first-order valence-corrected chi connectivity index (χ1v) is 8.12. The minimum Gasteiger partial charge on any atom is -0.326 e. The number of rotatable bonds is 6. The van der Waals surface area contributed by atoms with Crippen LogP contribution in [0.5, 0.6) is 0 Å². The van der Waals surface area contributed by atoms with Crippen LogP contribution in [0.3, 0.4) is 0 Å². The summed E-state index contributed by atoms with van der Waals surface area (Å²) >= 11 is 0. The highest BCUT2D eigenvalue weighted by Gasteiger charge is 2.16. The molecule has 0 spiro atoms. The second-order valence-corrected chi connectivity index (χ2v) is 7.90. The number of sulfonamides is 1. The largest absolute Gasteiger partial charge is 0.326 e. The molecular formula is C14H24N2O2S. The van der Waals surface area contributed by atoms with Crippen LogP contribution in [0, 0.1) is 5.41 Å². The second kappa shape index (κ2) is 6.50. The lowest BCUT2D eigenvalue weighted by Crippen LogP contribution is -2.28. The lowest BCUT2D eigenvalue weighted by Gasteiger charge is -2.17. The highest BCUT2D eigenvalue weighted by atomic mass is 32.2. The molecule has 5 heteroatoms. The summed E-state index contributed by atoms with van der Waals surface area (Å²) in [5.41, 5.74) is 7.52. The van der Waals surface area contributed by atoms with E-state index in [9.17, 15) is 8.42 Å². The predicted octanol–water partition coefficient (Wildman–Crippen LogP) is 2.00. The Morgan fingerprint density at radius 1 is 1.21 bits per heavy atom. The van der Waals surface area contributed by atoms with E-state index in [4.69, 9.17) is 5.73 Å². The molecule has 1 aromatic rings. The van der Waals surface area contributed by atoms with Crippen molar-refractivity contribution in [2.24, 2.45) is 11.1 Å². The van der Waals surface area contributed by atoms with Crippen molar-refractivity contribution in [1.29, 1.82) is 0 Å². The maximum atomic E-state index is 11.9. The highest BCUT2D eigenvalue weighted by Crippen LogP contribution is 2.19. The van der Waals surface area contributed by atoms with Crippen molar-refractivity contribution in [2.45, 2.75) is 40.3 Å². The molecule has 0 bridgehead atoms. The Morgan fingerprint density at radius 2 is 1.84 bits per heavy atom. The normalized spacial score (nSPS) is 12.6. The summed E-state index contributed by atoms with van der Waals surface area (Å²) in [6.45, 7) is 6.89. The molecule has 0 fully saturated rings. The third kappa shape index (κ3) is 6.71. The van der Waals surface area contributed by atoms with E-state index < -0.39 is 10.0 Å². The first-order valence-electron chi connectivity index (χ1n) is 6.47. The van der Waals surface area contributed by atoms with E-state index in [1.54, 1.807) is 0 Å². The fourth-order valence-corrected chi connectivity index (χ4v) is 2.98. The Bertz CT molecular complexity index is 504. The Balaban J connectivity index is 2.55. The average Bonchev–Trinajstić information content (AvgIpc) is 2.34. The zero-order valence-corrected chi connectivity index (χ0v) is 12.8. The van der Waals surface area contributed by atoms with Gasteiger partial charge in [-0.05, 0) is 23.0 Å². The average molecular weight is 284 g/mol. The Morgan fingerprint density at radius 3 is 2.42 bits per heavy atom. The maximum Gasteiger partial charge on any atom is 0.211 e. The molecule has 0 unspecified atom stereocenters. The quantitative estimate of drug-likeness (QED) is 0.839. The van der Waals surface area contributed by atoms with E-state index in [1.807, 2.05) is 45.0 Å². The molecule has 0 saturated heterocycles. The molecule has 19 heavy (non-hydrogen) atoms. The van der Waals surface area contributed by atoms with Gasteiger partial charge in [0.2, 0.25) is 10.0 Å². The Labute approximate surface area is 116 Å². The van der Waals surface area contributed by atoms with E-state index >= 15 is 0 Å². The number of hydrogen-bond donors (Lipinski definition) is 2. The Hall–Kier alpha value is -0.910. The summed E-state index contributed by atoms with van der Waals surface area (Å²) in [7, 11) is -3.21. The molecule has 1 aromatic carbocycles. The van der Waals surface area contributed by atoms with Crippen molar-refractivity contribution < 1.29 is 8.42 Å². The molecular weight excluding hydrogens is 260 g/mol. The summed E-state index contributed by atoms with van der Waals surface area (Å²) in [5, 5.41) is 0. The lowest BCUT2D eigenvalue weighted by atomic mass is 9.94. The molecule has 4 nitrogen and oxygen atoms in total. The lowest BCUT2D eigenvalue weighted by molar-refractivity contribution is 0.396. The molecule has 0 heterocycles. The van der Waals surface area contributed by atoms with Gasteiger partial charge >= 0.3 is 0 Å². The van der Waals surface area contributed by atoms with Crippen LogP contribution in [-0.4, -0.2) is 14.2 Å². The van der Waals surface area contributed by atoms with E-state index in [-0.39, 0.29) is 11.2 Å². The fourth-order valence-electron chi connectivity index (χ4n) is 1.57. The summed E-state index contributed by atoms with van der Waals surface area (Å²) in [6.07, 6.45) is 0.644. The van der Waals surface area contributed by atoms with E-state index in [2.05, 4.69) is 4.72 Å². The first-order chi connectivity index (χ1) is 8.72. The molecule has 0 amide bonds. The molecule has 1 rings (SSSR count). The molecule has 0 aliphatic carbocycles. The third-order valence-electron chi connectivity index (χ3n) is 2.84. The summed E-state index contributed by atoms with van der Waals surface area (Å²) in [5.74, 6) is 0.160. The molecule has 0 aliphatic rings. The van der Waals surface area contributed by atoms with Crippen molar-refractivity contribution in [3.8, 4) is 0 Å². The van der Waals surface area contributed by atoms with Crippen molar-refractivity contribution in [3.05, 3.63) is 35.4 Å². The predicted molar refractivity (Wildman–Crippen MR) is 79.0 cm³/mol. The Kier molecular flexibility index (Phi) is 5.52. The third-order valence-corrected chi connectivity index (χ3v) is 4.17. The second-order valence-electron chi connectivity index (χ2n) is 5.97. The van der Waals surface area contributed by atoms with Crippen molar-refractivity contribution in [2.75, 3.05) is 5.75 Å². The van der Waals surface area contributed by atoms with E-state index in [0.29, 0.717) is 19.5 Å². The van der Waals surface area contributed by atoms with Crippen LogP contribution < -0.4 is 10.5 Å². The van der Waals surface area contributed by atoms with Crippen LogP contribution in [0.4, 0.5) is 0 Å². The van der Waals surface area contributed by atoms with Crippen LogP contribution in [0.25, 0.3) is 0 Å². The van der Waals surface area contributed by atoms with Gasteiger partial charge in [-0.1, -0.05) is 45.0 Å². The summed E-state index contributed by atoms with van der Waals surface area (Å²) in [4.78, 5) is 0. The summed E-state index contributed by atoms with van der Waals surface area (Å²) < 4.78 is 26.4. The SMILES string of the molecule is CC(C)(C)CCS(=O)(=O)NCc1cccc(CN)c1. The van der Waals surface area contributed by atoms with Gasteiger partial charge in [0.1, 0.15) is 0 Å². The van der Waals surface area contributed by atoms with E-state index in [1.165, 1.54) is 0 Å². The molecule has 0 aromatic heterocycles. The number of nitrogens with one attached hydrogen (secondary N) is 1.